The lowest BCUT2D eigenvalue weighted by Gasteiger charge is -2.26. The third-order valence-electron chi connectivity index (χ3n) is 4.03. The molecular weight excluding hydrogens is 288 g/mol. The number of guanidine groups is 1. The van der Waals surface area contributed by atoms with Gasteiger partial charge in [0.2, 0.25) is 11.9 Å². The van der Waals surface area contributed by atoms with Crippen LogP contribution in [0.4, 0.5) is 5.95 Å². The van der Waals surface area contributed by atoms with Gasteiger partial charge in [0, 0.05) is 11.9 Å². The number of anilines is 1. The zero-order valence-corrected chi connectivity index (χ0v) is 14.1. The molecule has 2 heterocycles. The van der Waals surface area contributed by atoms with Gasteiger partial charge < -0.3 is 5.32 Å². The lowest BCUT2D eigenvalue weighted by atomic mass is 10.1. The summed E-state index contributed by atoms with van der Waals surface area (Å²) in [6.45, 7) is 8.90. The molecule has 122 valence electrons. The zero-order valence-electron chi connectivity index (χ0n) is 14.1. The minimum Gasteiger partial charge on any atom is -0.343 e. The molecule has 0 radical (unpaired) electrons. The van der Waals surface area contributed by atoms with Crippen molar-refractivity contribution in [3.8, 4) is 0 Å². The van der Waals surface area contributed by atoms with Gasteiger partial charge in [-0.05, 0) is 37.5 Å². The second-order valence-electron chi connectivity index (χ2n) is 5.84. The minimum absolute atomic E-state index is 0.592. The standard InChI is InChI=1S/C17H24N6/c1-4-8-23-10-18-16(19-11-23)22-17-20-12(3)14-9-13(5-2)6-7-15(14)21-17/h6-7,9H,4-5,8,10-11H2,1-3H3,(H2,18,19,20,21,22). The van der Waals surface area contributed by atoms with Crippen molar-refractivity contribution in [1.82, 2.24) is 20.2 Å². The number of benzene rings is 1. The first-order valence-corrected chi connectivity index (χ1v) is 8.24. The highest BCUT2D eigenvalue weighted by Gasteiger charge is 2.13. The van der Waals surface area contributed by atoms with Crippen molar-refractivity contribution in [2.45, 2.75) is 33.6 Å². The van der Waals surface area contributed by atoms with Gasteiger partial charge in [0.15, 0.2) is 0 Å². The summed E-state index contributed by atoms with van der Waals surface area (Å²) in [7, 11) is 0. The molecule has 0 fully saturated rings. The lowest BCUT2D eigenvalue weighted by Crippen LogP contribution is -2.46. The highest BCUT2D eigenvalue weighted by Crippen LogP contribution is 2.19. The van der Waals surface area contributed by atoms with Crippen LogP contribution in [0.2, 0.25) is 0 Å². The molecule has 1 aromatic heterocycles. The maximum absolute atomic E-state index is 4.60. The van der Waals surface area contributed by atoms with E-state index < -0.39 is 0 Å². The number of aromatic nitrogens is 2. The summed E-state index contributed by atoms with van der Waals surface area (Å²) in [5, 5.41) is 7.58. The van der Waals surface area contributed by atoms with Crippen LogP contribution in [0.5, 0.6) is 0 Å². The van der Waals surface area contributed by atoms with Crippen LogP contribution < -0.4 is 10.6 Å². The zero-order chi connectivity index (χ0) is 16.2. The van der Waals surface area contributed by atoms with Gasteiger partial charge in [-0.15, -0.1) is 0 Å². The van der Waals surface area contributed by atoms with Crippen molar-refractivity contribution in [3.63, 3.8) is 0 Å². The average Bonchev–Trinajstić information content (AvgIpc) is 2.57. The molecule has 2 N–H and O–H groups in total. The molecule has 6 nitrogen and oxygen atoms in total. The van der Waals surface area contributed by atoms with Crippen molar-refractivity contribution >= 4 is 22.8 Å². The van der Waals surface area contributed by atoms with Crippen LogP contribution in [0.25, 0.3) is 10.9 Å². The van der Waals surface area contributed by atoms with Crippen LogP contribution in [0, 0.1) is 6.92 Å². The first kappa shape index (κ1) is 15.7. The predicted molar refractivity (Wildman–Crippen MR) is 94.6 cm³/mol. The fourth-order valence-corrected chi connectivity index (χ4v) is 2.72. The van der Waals surface area contributed by atoms with E-state index in [2.05, 4.69) is 62.5 Å². The van der Waals surface area contributed by atoms with Gasteiger partial charge in [-0.3, -0.25) is 10.2 Å². The van der Waals surface area contributed by atoms with Crippen molar-refractivity contribution in [1.29, 1.82) is 0 Å². The van der Waals surface area contributed by atoms with E-state index in [1.165, 1.54) is 5.56 Å². The number of hydrogen-bond donors (Lipinski definition) is 2. The highest BCUT2D eigenvalue weighted by molar-refractivity contribution is 5.93. The predicted octanol–water partition coefficient (Wildman–Crippen LogP) is 2.50. The van der Waals surface area contributed by atoms with Crippen molar-refractivity contribution in [2.75, 3.05) is 25.2 Å². The molecule has 0 saturated heterocycles. The number of rotatable bonds is 4. The molecule has 23 heavy (non-hydrogen) atoms. The van der Waals surface area contributed by atoms with Crippen LogP contribution in [0.15, 0.2) is 23.2 Å². The Bertz CT molecular complexity index is 724. The normalized spacial score (nSPS) is 15.3. The Balaban J connectivity index is 1.79. The third-order valence-corrected chi connectivity index (χ3v) is 4.03. The van der Waals surface area contributed by atoms with E-state index in [0.29, 0.717) is 12.6 Å². The molecule has 1 aromatic carbocycles. The lowest BCUT2D eigenvalue weighted by molar-refractivity contribution is 0.265. The quantitative estimate of drug-likeness (QED) is 0.908. The SMILES string of the molecule is CCCN1CN=C(Nc2nc(C)c3cc(CC)ccc3n2)NC1. The molecule has 0 unspecified atom stereocenters. The average molecular weight is 312 g/mol. The van der Waals surface area contributed by atoms with Gasteiger partial charge in [-0.1, -0.05) is 19.9 Å². The van der Waals surface area contributed by atoms with Gasteiger partial charge in [0.05, 0.1) is 24.5 Å². The molecule has 0 atom stereocenters. The molecule has 0 saturated carbocycles. The Kier molecular flexibility index (Phi) is 4.71. The molecule has 1 aliphatic heterocycles. The Hall–Kier alpha value is -2.21. The first-order chi connectivity index (χ1) is 11.2. The van der Waals surface area contributed by atoms with Crippen LogP contribution >= 0.6 is 0 Å². The van der Waals surface area contributed by atoms with E-state index in [4.69, 9.17) is 0 Å². The van der Waals surface area contributed by atoms with E-state index >= 15 is 0 Å². The third kappa shape index (κ3) is 3.59. The summed E-state index contributed by atoms with van der Waals surface area (Å²) in [6.07, 6.45) is 2.15. The summed E-state index contributed by atoms with van der Waals surface area (Å²) in [5.41, 5.74) is 3.25. The molecule has 0 spiro atoms. The first-order valence-electron chi connectivity index (χ1n) is 8.24. The van der Waals surface area contributed by atoms with Crippen LogP contribution in [0.1, 0.15) is 31.5 Å². The number of hydrogen-bond acceptors (Lipinski definition) is 6. The van der Waals surface area contributed by atoms with E-state index in [-0.39, 0.29) is 0 Å². The Morgan fingerprint density at radius 2 is 2.13 bits per heavy atom. The Morgan fingerprint density at radius 3 is 2.83 bits per heavy atom. The smallest absolute Gasteiger partial charge is 0.230 e. The summed E-state index contributed by atoms with van der Waals surface area (Å²) >= 11 is 0. The second-order valence-corrected chi connectivity index (χ2v) is 5.84. The van der Waals surface area contributed by atoms with Crippen LogP contribution in [0.3, 0.4) is 0 Å². The molecule has 3 rings (SSSR count). The Labute approximate surface area is 137 Å². The number of fused-ring (bicyclic) bond motifs is 1. The van der Waals surface area contributed by atoms with Crippen molar-refractivity contribution in [3.05, 3.63) is 29.5 Å². The maximum atomic E-state index is 4.60. The van der Waals surface area contributed by atoms with Crippen molar-refractivity contribution < 1.29 is 0 Å². The largest absolute Gasteiger partial charge is 0.343 e. The topological polar surface area (TPSA) is 65.4 Å². The maximum Gasteiger partial charge on any atom is 0.230 e. The van der Waals surface area contributed by atoms with E-state index in [1.807, 2.05) is 6.92 Å². The Morgan fingerprint density at radius 1 is 1.26 bits per heavy atom. The summed E-state index contributed by atoms with van der Waals surface area (Å²) in [4.78, 5) is 15.9. The van der Waals surface area contributed by atoms with E-state index in [9.17, 15) is 0 Å². The molecule has 0 amide bonds. The van der Waals surface area contributed by atoms with Gasteiger partial charge in [-0.2, -0.15) is 0 Å². The van der Waals surface area contributed by atoms with Gasteiger partial charge in [0.1, 0.15) is 0 Å². The van der Waals surface area contributed by atoms with Crippen LogP contribution in [-0.2, 0) is 6.42 Å². The van der Waals surface area contributed by atoms with Crippen LogP contribution in [-0.4, -0.2) is 40.7 Å². The number of aliphatic imine (C=N–C) groups is 1. The van der Waals surface area contributed by atoms with E-state index in [1.54, 1.807) is 0 Å². The molecular formula is C17H24N6. The summed E-state index contributed by atoms with van der Waals surface area (Å²) in [6, 6.07) is 6.36. The fourth-order valence-electron chi connectivity index (χ4n) is 2.72. The van der Waals surface area contributed by atoms with E-state index in [0.717, 1.165) is 48.6 Å². The molecule has 6 heteroatoms. The number of nitrogens with zero attached hydrogens (tertiary/aromatic N) is 4. The second kappa shape index (κ2) is 6.91. The highest BCUT2D eigenvalue weighted by atomic mass is 15.4. The van der Waals surface area contributed by atoms with Gasteiger partial charge in [-0.25, -0.2) is 15.0 Å². The molecule has 1 aliphatic rings. The number of aryl methyl sites for hydroxylation is 2. The summed E-state index contributed by atoms with van der Waals surface area (Å²) < 4.78 is 0. The number of nitrogens with one attached hydrogen (secondary N) is 2. The molecule has 0 bridgehead atoms. The fraction of sp³-hybridized carbons (Fsp3) is 0.471. The molecule has 0 aliphatic carbocycles. The molecule has 2 aromatic rings. The monoisotopic (exact) mass is 312 g/mol. The summed E-state index contributed by atoms with van der Waals surface area (Å²) in [5.74, 6) is 1.33. The van der Waals surface area contributed by atoms with Crippen molar-refractivity contribution in [2.24, 2.45) is 4.99 Å². The van der Waals surface area contributed by atoms with Gasteiger partial charge >= 0.3 is 0 Å². The minimum atomic E-state index is 0.592. The van der Waals surface area contributed by atoms with Gasteiger partial charge in [0.25, 0.3) is 0 Å².